The maximum absolute atomic E-state index is 12.1. The van der Waals surface area contributed by atoms with E-state index in [9.17, 15) is 9.59 Å². The van der Waals surface area contributed by atoms with Crippen LogP contribution in [0.2, 0.25) is 0 Å². The first-order valence-electron chi connectivity index (χ1n) is 6.93. The summed E-state index contributed by atoms with van der Waals surface area (Å²) >= 11 is 1.57. The Morgan fingerprint density at radius 3 is 2.27 bits per heavy atom. The molecule has 22 heavy (non-hydrogen) atoms. The Labute approximate surface area is 134 Å². The van der Waals surface area contributed by atoms with Crippen molar-refractivity contribution in [1.82, 2.24) is 0 Å². The number of ketones is 1. The summed E-state index contributed by atoms with van der Waals surface area (Å²) in [6.07, 6.45) is 0. The van der Waals surface area contributed by atoms with Crippen LogP contribution in [0.1, 0.15) is 30.5 Å². The second-order valence-electron chi connectivity index (χ2n) is 5.27. The molecule has 0 saturated heterocycles. The van der Waals surface area contributed by atoms with Crippen LogP contribution >= 0.6 is 11.3 Å². The Bertz CT molecular complexity index is 686. The lowest BCUT2D eigenvalue weighted by Gasteiger charge is -2.12. The van der Waals surface area contributed by atoms with Crippen molar-refractivity contribution in [2.24, 2.45) is 0 Å². The minimum Gasteiger partial charge on any atom is -0.454 e. The smallest absolute Gasteiger partial charge is 0.338 e. The largest absolute Gasteiger partial charge is 0.454 e. The first-order chi connectivity index (χ1) is 10.4. The van der Waals surface area contributed by atoms with E-state index in [1.165, 1.54) is 0 Å². The lowest BCUT2D eigenvalue weighted by Crippen LogP contribution is -2.15. The molecular weight excluding hydrogens is 298 g/mol. The third-order valence-corrected chi connectivity index (χ3v) is 4.26. The van der Waals surface area contributed by atoms with Gasteiger partial charge in [-0.05, 0) is 44.2 Å². The zero-order chi connectivity index (χ0) is 16.3. The zero-order valence-electron chi connectivity index (χ0n) is 13.2. The molecule has 0 N–H and O–H groups in total. The average molecular weight is 317 g/mol. The average Bonchev–Trinajstić information content (AvgIpc) is 2.83. The van der Waals surface area contributed by atoms with Crippen molar-refractivity contribution in [3.05, 3.63) is 51.2 Å². The highest BCUT2D eigenvalue weighted by atomic mass is 32.1. The third kappa shape index (κ3) is 3.74. The predicted molar refractivity (Wildman–Crippen MR) is 89.2 cm³/mol. The van der Waals surface area contributed by atoms with Crippen molar-refractivity contribution < 1.29 is 14.3 Å². The van der Waals surface area contributed by atoms with Gasteiger partial charge in [-0.25, -0.2) is 4.79 Å². The van der Waals surface area contributed by atoms with E-state index in [2.05, 4.69) is 0 Å². The van der Waals surface area contributed by atoms with E-state index < -0.39 is 5.97 Å². The summed E-state index contributed by atoms with van der Waals surface area (Å²) in [6.45, 7) is 3.62. The lowest BCUT2D eigenvalue weighted by molar-refractivity contribution is 0.0474. The molecule has 0 saturated carbocycles. The molecule has 0 bridgehead atoms. The fourth-order valence-corrected chi connectivity index (χ4v) is 3.04. The van der Waals surface area contributed by atoms with Gasteiger partial charge in [-0.15, -0.1) is 11.3 Å². The van der Waals surface area contributed by atoms with Gasteiger partial charge in [-0.3, -0.25) is 4.79 Å². The van der Waals surface area contributed by atoms with Gasteiger partial charge in [-0.1, -0.05) is 0 Å². The van der Waals surface area contributed by atoms with E-state index in [0.29, 0.717) is 11.1 Å². The first-order valence-corrected chi connectivity index (χ1v) is 7.75. The highest BCUT2D eigenvalue weighted by Crippen LogP contribution is 2.21. The molecule has 1 aromatic carbocycles. The van der Waals surface area contributed by atoms with E-state index in [-0.39, 0.29) is 12.4 Å². The molecule has 1 heterocycles. The number of rotatable bonds is 5. The van der Waals surface area contributed by atoms with Crippen LogP contribution < -0.4 is 4.90 Å². The van der Waals surface area contributed by atoms with E-state index in [0.717, 1.165) is 15.4 Å². The number of carbonyl (C=O) groups is 2. The molecule has 0 aliphatic heterocycles. The monoisotopic (exact) mass is 317 g/mol. The molecule has 2 rings (SSSR count). The number of hydrogen-bond acceptors (Lipinski definition) is 5. The van der Waals surface area contributed by atoms with Crippen molar-refractivity contribution in [1.29, 1.82) is 0 Å². The predicted octanol–water partition coefficient (Wildman–Crippen LogP) is 3.47. The normalized spacial score (nSPS) is 10.4. The van der Waals surface area contributed by atoms with Crippen LogP contribution in [0.25, 0.3) is 0 Å². The molecule has 0 fully saturated rings. The Kier molecular flexibility index (Phi) is 4.98. The van der Waals surface area contributed by atoms with Gasteiger partial charge >= 0.3 is 5.97 Å². The Balaban J connectivity index is 1.97. The van der Waals surface area contributed by atoms with Crippen molar-refractivity contribution in [3.63, 3.8) is 0 Å². The highest BCUT2D eigenvalue weighted by molar-refractivity contribution is 7.12. The van der Waals surface area contributed by atoms with Gasteiger partial charge in [0.15, 0.2) is 6.61 Å². The topological polar surface area (TPSA) is 46.6 Å². The van der Waals surface area contributed by atoms with Gasteiger partial charge in [0, 0.05) is 35.1 Å². The number of ether oxygens (including phenoxy) is 1. The number of thiophene rings is 1. The summed E-state index contributed by atoms with van der Waals surface area (Å²) in [5, 5.41) is 0. The summed E-state index contributed by atoms with van der Waals surface area (Å²) in [4.78, 5) is 28.0. The third-order valence-electron chi connectivity index (χ3n) is 3.30. The summed E-state index contributed by atoms with van der Waals surface area (Å²) < 4.78 is 5.11. The molecule has 0 unspecified atom stereocenters. The Morgan fingerprint density at radius 2 is 1.77 bits per heavy atom. The molecule has 0 aliphatic carbocycles. The van der Waals surface area contributed by atoms with Crippen molar-refractivity contribution in [3.8, 4) is 0 Å². The van der Waals surface area contributed by atoms with E-state index in [1.54, 1.807) is 23.5 Å². The minimum absolute atomic E-state index is 0.167. The maximum Gasteiger partial charge on any atom is 0.338 e. The number of nitrogens with zero attached hydrogens (tertiary/aromatic N) is 1. The fraction of sp³-hybridized carbons (Fsp3) is 0.294. The van der Waals surface area contributed by atoms with Crippen molar-refractivity contribution in [2.45, 2.75) is 13.8 Å². The summed E-state index contributed by atoms with van der Waals surface area (Å²) in [7, 11) is 3.86. The Hall–Kier alpha value is -2.14. The van der Waals surface area contributed by atoms with Gasteiger partial charge in [0.25, 0.3) is 0 Å². The fourth-order valence-electron chi connectivity index (χ4n) is 2.10. The van der Waals surface area contributed by atoms with Crippen LogP contribution in [0.5, 0.6) is 0 Å². The number of carbonyl (C=O) groups excluding carboxylic acids is 2. The standard InChI is InChI=1S/C17H19NO3S/c1-11-9-15(12(2)22-11)16(19)10-21-17(20)13-5-7-14(8-6-13)18(3)4/h5-9H,10H2,1-4H3. The SMILES string of the molecule is Cc1cc(C(=O)COC(=O)c2ccc(N(C)C)cc2)c(C)s1. The molecule has 0 spiro atoms. The van der Waals surface area contributed by atoms with Gasteiger partial charge in [0.1, 0.15) is 0 Å². The van der Waals surface area contributed by atoms with E-state index in [1.807, 2.05) is 51.0 Å². The molecule has 116 valence electrons. The maximum atomic E-state index is 12.1. The molecule has 0 radical (unpaired) electrons. The minimum atomic E-state index is -0.483. The number of benzene rings is 1. The van der Waals surface area contributed by atoms with E-state index >= 15 is 0 Å². The molecule has 1 aromatic heterocycles. The quantitative estimate of drug-likeness (QED) is 0.626. The molecule has 5 heteroatoms. The number of anilines is 1. The molecular formula is C17H19NO3S. The van der Waals surface area contributed by atoms with Crippen molar-refractivity contribution in [2.75, 3.05) is 25.6 Å². The van der Waals surface area contributed by atoms with Crippen LogP contribution in [0.3, 0.4) is 0 Å². The number of hydrogen-bond donors (Lipinski definition) is 0. The van der Waals surface area contributed by atoms with E-state index in [4.69, 9.17) is 4.74 Å². The molecule has 0 aliphatic rings. The van der Waals surface area contributed by atoms with Gasteiger partial charge in [0.05, 0.1) is 5.56 Å². The highest BCUT2D eigenvalue weighted by Gasteiger charge is 2.15. The first kappa shape index (κ1) is 16.2. The van der Waals surface area contributed by atoms with Crippen molar-refractivity contribution >= 4 is 28.8 Å². The Morgan fingerprint density at radius 1 is 1.14 bits per heavy atom. The molecule has 0 atom stereocenters. The summed E-state index contributed by atoms with van der Waals surface area (Å²) in [5.41, 5.74) is 2.08. The van der Waals surface area contributed by atoms with Crippen LogP contribution in [0.4, 0.5) is 5.69 Å². The lowest BCUT2D eigenvalue weighted by atomic mass is 10.1. The second kappa shape index (κ2) is 6.75. The summed E-state index contributed by atoms with van der Waals surface area (Å²) in [6, 6.07) is 8.90. The van der Waals surface area contributed by atoms with Gasteiger partial charge in [0.2, 0.25) is 5.78 Å². The van der Waals surface area contributed by atoms with Gasteiger partial charge < -0.3 is 9.64 Å². The second-order valence-corrected chi connectivity index (χ2v) is 6.73. The zero-order valence-corrected chi connectivity index (χ0v) is 14.0. The molecule has 0 amide bonds. The molecule has 4 nitrogen and oxygen atoms in total. The number of aryl methyl sites for hydroxylation is 2. The number of Topliss-reactive ketones (excluding diaryl/α,β-unsaturated/α-hetero) is 1. The number of esters is 1. The van der Waals surface area contributed by atoms with Crippen LogP contribution in [0, 0.1) is 13.8 Å². The van der Waals surface area contributed by atoms with Gasteiger partial charge in [-0.2, -0.15) is 0 Å². The van der Waals surface area contributed by atoms with Crippen LogP contribution in [-0.4, -0.2) is 32.5 Å². The van der Waals surface area contributed by atoms with Crippen LogP contribution in [0.15, 0.2) is 30.3 Å². The van der Waals surface area contributed by atoms with Crippen LogP contribution in [-0.2, 0) is 4.74 Å². The molecule has 2 aromatic rings. The summed E-state index contributed by atoms with van der Waals surface area (Å²) in [5.74, 6) is -0.650.